The summed E-state index contributed by atoms with van der Waals surface area (Å²) in [6.07, 6.45) is 9.17. The fourth-order valence-corrected chi connectivity index (χ4v) is 3.81. The molecule has 0 aromatic carbocycles. The summed E-state index contributed by atoms with van der Waals surface area (Å²) in [5.41, 5.74) is 1.16. The first kappa shape index (κ1) is 16.8. The molecule has 0 spiro atoms. The molecule has 4 heterocycles. The maximum atomic E-state index is 13.0. The molecule has 4 rings (SSSR count). The summed E-state index contributed by atoms with van der Waals surface area (Å²) in [7, 11) is 0. The van der Waals surface area contributed by atoms with Crippen LogP contribution in [-0.4, -0.2) is 65.0 Å². The molecule has 136 valence electrons. The van der Waals surface area contributed by atoms with E-state index in [4.69, 9.17) is 0 Å². The van der Waals surface area contributed by atoms with Crippen LogP contribution in [0.3, 0.4) is 0 Å². The lowest BCUT2D eigenvalue weighted by atomic mass is 9.95. The van der Waals surface area contributed by atoms with Crippen molar-refractivity contribution >= 4 is 17.5 Å². The molecule has 2 aliphatic rings. The summed E-state index contributed by atoms with van der Waals surface area (Å²) in [4.78, 5) is 32.2. The Morgan fingerprint density at radius 2 is 1.65 bits per heavy atom. The van der Waals surface area contributed by atoms with Gasteiger partial charge in [-0.15, -0.1) is 0 Å². The summed E-state index contributed by atoms with van der Waals surface area (Å²) in [6, 6.07) is 5.86. The topological polar surface area (TPSA) is 65.5 Å². The van der Waals surface area contributed by atoms with Gasteiger partial charge in [0, 0.05) is 69.7 Å². The molecule has 2 fully saturated rings. The van der Waals surface area contributed by atoms with Crippen molar-refractivity contribution < 1.29 is 4.79 Å². The smallest absolute Gasteiger partial charge is 0.227 e. The summed E-state index contributed by atoms with van der Waals surface area (Å²) >= 11 is 0. The van der Waals surface area contributed by atoms with Gasteiger partial charge in [-0.1, -0.05) is 0 Å². The molecule has 1 atom stereocenters. The molecule has 2 saturated heterocycles. The lowest BCUT2D eigenvalue weighted by Gasteiger charge is -2.39. The number of carbonyl (C=O) groups is 1. The number of carbonyl (C=O) groups excluding carboxylic acids is 1. The fraction of sp³-hybridized carbons (Fsp3) is 0.474. The van der Waals surface area contributed by atoms with Crippen molar-refractivity contribution in [3.63, 3.8) is 0 Å². The number of hydrogen-bond donors (Lipinski definition) is 0. The van der Waals surface area contributed by atoms with Gasteiger partial charge in [0.2, 0.25) is 11.9 Å². The Morgan fingerprint density at radius 3 is 2.38 bits per heavy atom. The van der Waals surface area contributed by atoms with Gasteiger partial charge in [-0.2, -0.15) is 0 Å². The fourth-order valence-electron chi connectivity index (χ4n) is 3.81. The van der Waals surface area contributed by atoms with Crippen molar-refractivity contribution in [2.24, 2.45) is 5.92 Å². The van der Waals surface area contributed by atoms with E-state index in [1.54, 1.807) is 12.4 Å². The molecule has 0 bridgehead atoms. The second-order valence-corrected chi connectivity index (χ2v) is 6.85. The second-order valence-electron chi connectivity index (χ2n) is 6.85. The molecule has 0 radical (unpaired) electrons. The van der Waals surface area contributed by atoms with E-state index in [9.17, 15) is 4.79 Å². The highest BCUT2D eigenvalue weighted by molar-refractivity contribution is 5.80. The minimum Gasteiger partial charge on any atom is -0.371 e. The van der Waals surface area contributed by atoms with Gasteiger partial charge in [0.1, 0.15) is 0 Å². The van der Waals surface area contributed by atoms with E-state index in [0.717, 1.165) is 63.7 Å². The molecule has 7 heteroatoms. The van der Waals surface area contributed by atoms with Crippen LogP contribution in [0.25, 0.3) is 0 Å². The molecule has 0 aliphatic carbocycles. The van der Waals surface area contributed by atoms with E-state index in [0.29, 0.717) is 0 Å². The average Bonchev–Trinajstić information content (AvgIpc) is 2.75. The van der Waals surface area contributed by atoms with Gasteiger partial charge in [-0.3, -0.25) is 9.78 Å². The van der Waals surface area contributed by atoms with Crippen LogP contribution in [-0.2, 0) is 4.79 Å². The Hall–Kier alpha value is -2.70. The van der Waals surface area contributed by atoms with Crippen LogP contribution < -0.4 is 9.80 Å². The molecule has 2 aliphatic heterocycles. The van der Waals surface area contributed by atoms with E-state index in [1.165, 1.54) is 0 Å². The molecular formula is C19H24N6O. The van der Waals surface area contributed by atoms with Crippen molar-refractivity contribution in [1.29, 1.82) is 0 Å². The number of amides is 1. The Kier molecular flexibility index (Phi) is 4.95. The van der Waals surface area contributed by atoms with Gasteiger partial charge < -0.3 is 14.7 Å². The number of aromatic nitrogens is 3. The Morgan fingerprint density at radius 1 is 0.923 bits per heavy atom. The minimum absolute atomic E-state index is 0.0800. The summed E-state index contributed by atoms with van der Waals surface area (Å²) in [5, 5.41) is 0. The molecule has 7 nitrogen and oxygen atoms in total. The first-order valence-corrected chi connectivity index (χ1v) is 9.27. The van der Waals surface area contributed by atoms with Crippen molar-refractivity contribution in [3.8, 4) is 0 Å². The van der Waals surface area contributed by atoms with Gasteiger partial charge in [0.25, 0.3) is 0 Å². The molecule has 26 heavy (non-hydrogen) atoms. The summed E-state index contributed by atoms with van der Waals surface area (Å²) < 4.78 is 0. The molecule has 1 unspecified atom stereocenters. The third-order valence-corrected chi connectivity index (χ3v) is 5.22. The average molecular weight is 352 g/mol. The van der Waals surface area contributed by atoms with Crippen LogP contribution in [0, 0.1) is 5.92 Å². The maximum absolute atomic E-state index is 13.0. The van der Waals surface area contributed by atoms with Gasteiger partial charge in [-0.05, 0) is 31.0 Å². The predicted octanol–water partition coefficient (Wildman–Crippen LogP) is 1.44. The number of nitrogens with zero attached hydrogens (tertiary/aromatic N) is 6. The standard InChI is InChI=1S/C19H24N6O/c26-18(16-3-1-10-25(15-16)17-4-8-20-9-5-17)23-11-13-24(14-12-23)19-21-6-2-7-22-19/h2,4-9,16H,1,3,10-15H2. The van der Waals surface area contributed by atoms with Crippen molar-refractivity contribution in [3.05, 3.63) is 43.0 Å². The SMILES string of the molecule is O=C(C1CCCN(c2ccncc2)C1)N1CCN(c2ncccn2)CC1. The third-order valence-electron chi connectivity index (χ3n) is 5.22. The number of rotatable bonds is 3. The number of hydrogen-bond acceptors (Lipinski definition) is 6. The zero-order valence-corrected chi connectivity index (χ0v) is 14.9. The Balaban J connectivity index is 1.35. The highest BCUT2D eigenvalue weighted by Crippen LogP contribution is 2.24. The van der Waals surface area contributed by atoms with Crippen LogP contribution in [0.1, 0.15) is 12.8 Å². The van der Waals surface area contributed by atoms with Crippen LogP contribution in [0.15, 0.2) is 43.0 Å². The monoisotopic (exact) mass is 352 g/mol. The van der Waals surface area contributed by atoms with Gasteiger partial charge in [-0.25, -0.2) is 9.97 Å². The predicted molar refractivity (Wildman–Crippen MR) is 100.0 cm³/mol. The van der Waals surface area contributed by atoms with E-state index in [2.05, 4.69) is 24.8 Å². The van der Waals surface area contributed by atoms with E-state index < -0.39 is 0 Å². The normalized spacial score (nSPS) is 20.9. The molecule has 0 saturated carbocycles. The van der Waals surface area contributed by atoms with E-state index in [1.807, 2.05) is 35.5 Å². The summed E-state index contributed by atoms with van der Waals surface area (Å²) in [6.45, 7) is 4.86. The van der Waals surface area contributed by atoms with Gasteiger partial charge in [0.15, 0.2) is 0 Å². The number of anilines is 2. The highest BCUT2D eigenvalue weighted by atomic mass is 16.2. The number of piperidine rings is 1. The van der Waals surface area contributed by atoms with E-state index in [-0.39, 0.29) is 11.8 Å². The number of piperazine rings is 1. The van der Waals surface area contributed by atoms with Crippen molar-refractivity contribution in [2.45, 2.75) is 12.8 Å². The van der Waals surface area contributed by atoms with Crippen LogP contribution >= 0.6 is 0 Å². The number of pyridine rings is 1. The first-order valence-electron chi connectivity index (χ1n) is 9.27. The largest absolute Gasteiger partial charge is 0.371 e. The Bertz CT molecular complexity index is 717. The molecule has 2 aromatic rings. The van der Waals surface area contributed by atoms with Gasteiger partial charge in [0.05, 0.1) is 5.92 Å². The Labute approximate surface area is 153 Å². The lowest BCUT2D eigenvalue weighted by molar-refractivity contribution is -0.136. The molecular weight excluding hydrogens is 328 g/mol. The second kappa shape index (κ2) is 7.68. The highest BCUT2D eigenvalue weighted by Gasteiger charge is 2.31. The van der Waals surface area contributed by atoms with Crippen molar-refractivity contribution in [2.75, 3.05) is 49.1 Å². The molecule has 1 amide bonds. The quantitative estimate of drug-likeness (QED) is 0.833. The molecule has 2 aromatic heterocycles. The minimum atomic E-state index is 0.0800. The van der Waals surface area contributed by atoms with Crippen molar-refractivity contribution in [1.82, 2.24) is 19.9 Å². The zero-order valence-electron chi connectivity index (χ0n) is 14.9. The van der Waals surface area contributed by atoms with Crippen LogP contribution in [0.2, 0.25) is 0 Å². The lowest BCUT2D eigenvalue weighted by Crippen LogP contribution is -2.53. The van der Waals surface area contributed by atoms with Crippen LogP contribution in [0.4, 0.5) is 11.6 Å². The van der Waals surface area contributed by atoms with Gasteiger partial charge >= 0.3 is 0 Å². The zero-order chi connectivity index (χ0) is 17.8. The third kappa shape index (κ3) is 3.61. The molecule has 0 N–H and O–H groups in total. The summed E-state index contributed by atoms with van der Waals surface area (Å²) in [5.74, 6) is 1.12. The first-order chi connectivity index (χ1) is 12.8. The van der Waals surface area contributed by atoms with E-state index >= 15 is 0 Å². The maximum Gasteiger partial charge on any atom is 0.227 e. The van der Waals surface area contributed by atoms with Crippen LogP contribution in [0.5, 0.6) is 0 Å².